The van der Waals surface area contributed by atoms with E-state index in [-0.39, 0.29) is 12.1 Å². The van der Waals surface area contributed by atoms with Crippen LogP contribution in [0.3, 0.4) is 0 Å². The fraction of sp³-hybridized carbons (Fsp3) is 0.909. The van der Waals surface area contributed by atoms with Gasteiger partial charge in [-0.25, -0.2) is 0 Å². The Balaban J connectivity index is 1.99. The molecule has 0 aromatic carbocycles. The van der Waals surface area contributed by atoms with Gasteiger partial charge in [0.2, 0.25) is 0 Å². The number of ether oxygens (including phenoxy) is 3. The van der Waals surface area contributed by atoms with Crippen LogP contribution in [0.1, 0.15) is 40.0 Å². The zero-order chi connectivity index (χ0) is 11.3. The Morgan fingerprint density at radius 1 is 1.47 bits per heavy atom. The molecule has 4 nitrogen and oxygen atoms in total. The van der Waals surface area contributed by atoms with Crippen LogP contribution in [0, 0.1) is 0 Å². The SMILES string of the molecule is CC(=O)OCCCC[C@@H]1COC(C)(C)O1. The highest BCUT2D eigenvalue weighted by molar-refractivity contribution is 5.65. The summed E-state index contributed by atoms with van der Waals surface area (Å²) in [5.74, 6) is -0.642. The molecular weight excluding hydrogens is 196 g/mol. The Morgan fingerprint density at radius 2 is 2.20 bits per heavy atom. The predicted octanol–water partition coefficient (Wildman–Crippen LogP) is 1.87. The minimum atomic E-state index is -0.430. The van der Waals surface area contributed by atoms with E-state index < -0.39 is 5.79 Å². The minimum absolute atomic E-state index is 0.192. The van der Waals surface area contributed by atoms with E-state index in [0.717, 1.165) is 19.3 Å². The second-order valence-corrected chi connectivity index (χ2v) is 4.29. The smallest absolute Gasteiger partial charge is 0.302 e. The first-order valence-electron chi connectivity index (χ1n) is 5.45. The molecule has 0 radical (unpaired) electrons. The van der Waals surface area contributed by atoms with E-state index in [9.17, 15) is 4.79 Å². The van der Waals surface area contributed by atoms with Crippen molar-refractivity contribution in [1.29, 1.82) is 0 Å². The van der Waals surface area contributed by atoms with Crippen LogP contribution in [-0.2, 0) is 19.0 Å². The lowest BCUT2D eigenvalue weighted by Crippen LogP contribution is -2.21. The zero-order valence-electron chi connectivity index (χ0n) is 9.75. The lowest BCUT2D eigenvalue weighted by Gasteiger charge is -2.16. The number of hydrogen-bond acceptors (Lipinski definition) is 4. The monoisotopic (exact) mass is 216 g/mol. The average molecular weight is 216 g/mol. The number of esters is 1. The van der Waals surface area contributed by atoms with Gasteiger partial charge < -0.3 is 14.2 Å². The first-order chi connectivity index (χ1) is 6.99. The molecule has 1 rings (SSSR count). The summed E-state index contributed by atoms with van der Waals surface area (Å²) in [6.45, 7) is 6.45. The summed E-state index contributed by atoms with van der Waals surface area (Å²) in [4.78, 5) is 10.5. The molecule has 15 heavy (non-hydrogen) atoms. The normalized spacial score (nSPS) is 24.1. The van der Waals surface area contributed by atoms with Gasteiger partial charge in [0.05, 0.1) is 19.3 Å². The van der Waals surface area contributed by atoms with Gasteiger partial charge in [0.25, 0.3) is 0 Å². The van der Waals surface area contributed by atoms with E-state index in [2.05, 4.69) is 0 Å². The zero-order valence-corrected chi connectivity index (χ0v) is 9.75. The van der Waals surface area contributed by atoms with Crippen molar-refractivity contribution in [3.63, 3.8) is 0 Å². The van der Waals surface area contributed by atoms with E-state index in [1.807, 2.05) is 13.8 Å². The maximum atomic E-state index is 10.5. The average Bonchev–Trinajstić information content (AvgIpc) is 2.44. The maximum absolute atomic E-state index is 10.5. The Kier molecular flexibility index (Phi) is 4.54. The number of unbranched alkanes of at least 4 members (excludes halogenated alkanes) is 1. The lowest BCUT2D eigenvalue weighted by molar-refractivity contribution is -0.141. The third-order valence-corrected chi connectivity index (χ3v) is 2.29. The van der Waals surface area contributed by atoms with Crippen LogP contribution < -0.4 is 0 Å². The molecule has 0 aliphatic carbocycles. The van der Waals surface area contributed by atoms with Crippen molar-refractivity contribution in [2.75, 3.05) is 13.2 Å². The molecular formula is C11H20O4. The molecule has 0 N–H and O–H groups in total. The molecule has 0 aromatic heterocycles. The fourth-order valence-electron chi connectivity index (χ4n) is 1.60. The van der Waals surface area contributed by atoms with Crippen molar-refractivity contribution in [2.24, 2.45) is 0 Å². The van der Waals surface area contributed by atoms with Crippen molar-refractivity contribution in [3.8, 4) is 0 Å². The van der Waals surface area contributed by atoms with E-state index in [1.54, 1.807) is 0 Å². The highest BCUT2D eigenvalue weighted by atomic mass is 16.7. The predicted molar refractivity (Wildman–Crippen MR) is 55.4 cm³/mol. The van der Waals surface area contributed by atoms with Gasteiger partial charge in [-0.1, -0.05) is 0 Å². The standard InChI is InChI=1S/C11H20O4/c1-9(12)13-7-5-4-6-10-8-14-11(2,3)15-10/h10H,4-8H2,1-3H3/t10-/m1/s1. The second kappa shape index (κ2) is 5.47. The summed E-state index contributed by atoms with van der Waals surface area (Å²) < 4.78 is 15.9. The van der Waals surface area contributed by atoms with Gasteiger partial charge in [-0.05, 0) is 33.1 Å². The molecule has 1 saturated heterocycles. The fourth-order valence-corrected chi connectivity index (χ4v) is 1.60. The Hall–Kier alpha value is -0.610. The minimum Gasteiger partial charge on any atom is -0.466 e. The number of rotatable bonds is 5. The van der Waals surface area contributed by atoms with Crippen molar-refractivity contribution >= 4 is 5.97 Å². The number of hydrogen-bond donors (Lipinski definition) is 0. The third-order valence-electron chi connectivity index (χ3n) is 2.29. The number of carbonyl (C=O) groups is 1. The van der Waals surface area contributed by atoms with Crippen molar-refractivity contribution in [2.45, 2.75) is 51.9 Å². The molecule has 1 aliphatic heterocycles. The van der Waals surface area contributed by atoms with Crippen LogP contribution in [0.5, 0.6) is 0 Å². The molecule has 0 spiro atoms. The summed E-state index contributed by atoms with van der Waals surface area (Å²) >= 11 is 0. The summed E-state index contributed by atoms with van der Waals surface area (Å²) in [6.07, 6.45) is 3.04. The van der Waals surface area contributed by atoms with Crippen molar-refractivity contribution < 1.29 is 19.0 Å². The highest BCUT2D eigenvalue weighted by Gasteiger charge is 2.31. The van der Waals surface area contributed by atoms with E-state index in [1.165, 1.54) is 6.92 Å². The molecule has 0 aromatic rings. The highest BCUT2D eigenvalue weighted by Crippen LogP contribution is 2.24. The summed E-state index contributed by atoms with van der Waals surface area (Å²) in [5.41, 5.74) is 0. The summed E-state index contributed by atoms with van der Waals surface area (Å²) in [5, 5.41) is 0. The molecule has 1 atom stereocenters. The van der Waals surface area contributed by atoms with Gasteiger partial charge in [-0.15, -0.1) is 0 Å². The molecule has 0 bridgehead atoms. The topological polar surface area (TPSA) is 44.8 Å². The molecule has 1 fully saturated rings. The molecule has 0 saturated carbocycles. The second-order valence-electron chi connectivity index (χ2n) is 4.29. The molecule has 1 heterocycles. The Labute approximate surface area is 90.9 Å². The third kappa shape index (κ3) is 5.14. The molecule has 0 unspecified atom stereocenters. The van der Waals surface area contributed by atoms with Crippen LogP contribution in [0.2, 0.25) is 0 Å². The van der Waals surface area contributed by atoms with Gasteiger partial charge in [0, 0.05) is 6.92 Å². The quantitative estimate of drug-likeness (QED) is 0.520. The maximum Gasteiger partial charge on any atom is 0.302 e. The first-order valence-corrected chi connectivity index (χ1v) is 5.45. The van der Waals surface area contributed by atoms with Gasteiger partial charge >= 0.3 is 5.97 Å². The molecule has 4 heteroatoms. The molecule has 0 amide bonds. The first kappa shape index (κ1) is 12.5. The van der Waals surface area contributed by atoms with Crippen LogP contribution in [-0.4, -0.2) is 31.1 Å². The Bertz CT molecular complexity index is 213. The van der Waals surface area contributed by atoms with Crippen LogP contribution >= 0.6 is 0 Å². The lowest BCUT2D eigenvalue weighted by atomic mass is 10.2. The van der Waals surface area contributed by atoms with E-state index >= 15 is 0 Å². The number of carbonyl (C=O) groups excluding carboxylic acids is 1. The molecule has 1 aliphatic rings. The van der Waals surface area contributed by atoms with Crippen LogP contribution in [0.15, 0.2) is 0 Å². The van der Waals surface area contributed by atoms with Crippen molar-refractivity contribution in [3.05, 3.63) is 0 Å². The Morgan fingerprint density at radius 3 is 2.73 bits per heavy atom. The van der Waals surface area contributed by atoms with Gasteiger partial charge in [-0.3, -0.25) is 4.79 Å². The summed E-state index contributed by atoms with van der Waals surface area (Å²) in [7, 11) is 0. The molecule has 88 valence electrons. The van der Waals surface area contributed by atoms with Gasteiger partial charge in [0.1, 0.15) is 0 Å². The van der Waals surface area contributed by atoms with Crippen LogP contribution in [0.25, 0.3) is 0 Å². The van der Waals surface area contributed by atoms with Crippen LogP contribution in [0.4, 0.5) is 0 Å². The van der Waals surface area contributed by atoms with E-state index in [4.69, 9.17) is 14.2 Å². The van der Waals surface area contributed by atoms with Crippen molar-refractivity contribution in [1.82, 2.24) is 0 Å². The summed E-state index contributed by atoms with van der Waals surface area (Å²) in [6, 6.07) is 0. The van der Waals surface area contributed by atoms with E-state index in [0.29, 0.717) is 13.2 Å². The van der Waals surface area contributed by atoms with Gasteiger partial charge in [-0.2, -0.15) is 0 Å². The van der Waals surface area contributed by atoms with Gasteiger partial charge in [0.15, 0.2) is 5.79 Å². The largest absolute Gasteiger partial charge is 0.466 e.